The number of rotatable bonds is 4. The zero-order valence-corrected chi connectivity index (χ0v) is 7.72. The molecule has 82 valence electrons. The van der Waals surface area contributed by atoms with Crippen LogP contribution >= 0.6 is 11.2 Å². The van der Waals surface area contributed by atoms with Gasteiger partial charge >= 0.3 is 6.05 Å². The normalized spacial score (nSPS) is 17.6. The van der Waals surface area contributed by atoms with Gasteiger partial charge in [0.05, 0.1) is 5.75 Å². The lowest BCUT2D eigenvalue weighted by atomic mass is 10.3. The van der Waals surface area contributed by atoms with Crippen molar-refractivity contribution in [2.45, 2.75) is 12.2 Å². The summed E-state index contributed by atoms with van der Waals surface area (Å²) in [6, 6.07) is -4.07. The van der Waals surface area contributed by atoms with Crippen molar-refractivity contribution >= 4 is 11.2 Å². The van der Waals surface area contributed by atoms with Crippen molar-refractivity contribution in [1.82, 2.24) is 4.90 Å². The maximum Gasteiger partial charge on any atom is 0.336 e. The van der Waals surface area contributed by atoms with E-state index in [4.69, 9.17) is 0 Å². The van der Waals surface area contributed by atoms with Crippen LogP contribution in [0.2, 0.25) is 0 Å². The van der Waals surface area contributed by atoms with Crippen LogP contribution in [0.5, 0.6) is 0 Å². The van der Waals surface area contributed by atoms with Crippen LogP contribution in [0.3, 0.4) is 0 Å². The summed E-state index contributed by atoms with van der Waals surface area (Å²) in [6.07, 6.45) is -3.20. The van der Waals surface area contributed by atoms with Gasteiger partial charge in [0, 0.05) is 0 Å². The Labute approximate surface area is 73.9 Å². The van der Waals surface area contributed by atoms with Crippen LogP contribution in [0.15, 0.2) is 0 Å². The Bertz CT molecular complexity index is 167. The fourth-order valence-electron chi connectivity index (χ4n) is 0.546. The van der Waals surface area contributed by atoms with E-state index in [1.54, 1.807) is 0 Å². The van der Waals surface area contributed by atoms with Gasteiger partial charge in [-0.3, -0.25) is 0 Å². The van der Waals surface area contributed by atoms with Gasteiger partial charge in [-0.25, -0.2) is 9.29 Å². The Morgan fingerprint density at radius 2 is 1.62 bits per heavy atom. The molecular weight excluding hydrogens is 220 g/mol. The van der Waals surface area contributed by atoms with Crippen molar-refractivity contribution in [3.05, 3.63) is 0 Å². The number of alkyl halides is 3. The van der Waals surface area contributed by atoms with Gasteiger partial charge in [-0.1, -0.05) is 0 Å². The highest BCUT2D eigenvalue weighted by atomic mass is 32.3. The van der Waals surface area contributed by atoms with Crippen molar-refractivity contribution in [2.24, 2.45) is 0 Å². The van der Waals surface area contributed by atoms with Crippen LogP contribution in [-0.4, -0.2) is 37.0 Å². The van der Waals surface area contributed by atoms with Crippen LogP contribution in [0.4, 0.5) is 24.8 Å². The third-order valence-electron chi connectivity index (χ3n) is 1.31. The van der Waals surface area contributed by atoms with E-state index in [1.807, 2.05) is 0 Å². The maximum atomic E-state index is 12.5. The van der Waals surface area contributed by atoms with Gasteiger partial charge in [-0.05, 0) is 14.1 Å². The maximum absolute atomic E-state index is 12.5. The van der Waals surface area contributed by atoms with E-state index in [0.29, 0.717) is 0 Å². The minimum absolute atomic E-state index is 0.128. The van der Waals surface area contributed by atoms with Gasteiger partial charge in [0.15, 0.2) is 6.17 Å². The monoisotopic (exact) mass is 229 g/mol. The molecule has 0 heterocycles. The molecule has 1 atom stereocenters. The molecule has 1 unspecified atom stereocenters. The molecule has 0 saturated heterocycles. The first-order valence-corrected chi connectivity index (χ1v) is 4.67. The number of hydrogen-bond donors (Lipinski definition) is 0. The van der Waals surface area contributed by atoms with Crippen LogP contribution in [0.25, 0.3) is 0 Å². The molecule has 0 saturated carbocycles. The molecule has 0 aliphatic carbocycles. The molecule has 0 aromatic rings. The van der Waals surface area contributed by atoms with E-state index in [2.05, 4.69) is 0 Å². The lowest BCUT2D eigenvalue weighted by Gasteiger charge is -2.27. The quantitative estimate of drug-likeness (QED) is 0.529. The van der Waals surface area contributed by atoms with E-state index >= 15 is 0 Å². The summed E-state index contributed by atoms with van der Waals surface area (Å²) in [5.41, 5.74) is 0. The Kier molecular flexibility index (Phi) is 3.92. The second-order valence-electron chi connectivity index (χ2n) is 2.62. The Morgan fingerprint density at radius 1 is 1.23 bits per heavy atom. The van der Waals surface area contributed by atoms with E-state index in [1.165, 1.54) is 0 Å². The van der Waals surface area contributed by atoms with E-state index < -0.39 is 29.2 Å². The second kappa shape index (κ2) is 3.95. The van der Waals surface area contributed by atoms with Gasteiger partial charge < -0.3 is 0 Å². The van der Waals surface area contributed by atoms with Crippen LogP contribution in [0, 0.1) is 0 Å². The molecule has 0 aromatic carbocycles. The van der Waals surface area contributed by atoms with Crippen molar-refractivity contribution in [3.63, 3.8) is 0 Å². The average Bonchev–Trinajstić information content (AvgIpc) is 1.82. The van der Waals surface area contributed by atoms with Crippen molar-refractivity contribution in [2.75, 3.05) is 19.8 Å². The second-order valence-corrected chi connectivity index (χ2v) is 3.96. The third-order valence-corrected chi connectivity index (χ3v) is 1.98. The average molecular weight is 229 g/mol. The molecule has 0 bridgehead atoms. The van der Waals surface area contributed by atoms with Crippen LogP contribution < -0.4 is 0 Å². The smallest absolute Gasteiger partial charge is 0.248 e. The van der Waals surface area contributed by atoms with Crippen molar-refractivity contribution in [3.8, 4) is 0 Å². The lowest BCUT2D eigenvalue weighted by Crippen LogP contribution is -2.45. The minimum atomic E-state index is -5.72. The first-order chi connectivity index (χ1) is 5.57. The molecule has 0 fully saturated rings. The fourth-order valence-corrected chi connectivity index (χ4v) is 1.08. The minimum Gasteiger partial charge on any atom is -0.248 e. The predicted molar refractivity (Wildman–Crippen MR) is 39.3 cm³/mol. The predicted octanol–water partition coefficient (Wildman–Crippen LogP) is 2.94. The van der Waals surface area contributed by atoms with E-state index in [9.17, 15) is 24.8 Å². The number of halogens is 6. The van der Waals surface area contributed by atoms with Crippen LogP contribution in [0.1, 0.15) is 0 Å². The Hall–Kier alpha value is -0.110. The number of hydrogen-bond acceptors (Lipinski definition) is 1. The van der Waals surface area contributed by atoms with Crippen LogP contribution in [-0.2, 0) is 0 Å². The first-order valence-electron chi connectivity index (χ1n) is 3.16. The van der Waals surface area contributed by atoms with Gasteiger partial charge in [0.2, 0.25) is 11.2 Å². The molecule has 0 amide bonds. The molecule has 0 aliphatic rings. The molecular formula is C5H9F6NS. The van der Waals surface area contributed by atoms with E-state index in [-0.39, 0.29) is 4.90 Å². The molecule has 8 heteroatoms. The largest absolute Gasteiger partial charge is 0.336 e. The van der Waals surface area contributed by atoms with Gasteiger partial charge in [-0.15, -0.1) is 11.7 Å². The summed E-state index contributed by atoms with van der Waals surface area (Å²) in [7, 11) is 1.64. The zero-order chi connectivity index (χ0) is 10.9. The van der Waals surface area contributed by atoms with Gasteiger partial charge in [0.25, 0.3) is 0 Å². The third kappa shape index (κ3) is 4.08. The molecule has 0 rings (SSSR count). The van der Waals surface area contributed by atoms with E-state index in [0.717, 1.165) is 14.1 Å². The first kappa shape index (κ1) is 12.9. The Balaban J connectivity index is 4.34. The van der Waals surface area contributed by atoms with Crippen molar-refractivity contribution < 1.29 is 24.8 Å². The highest BCUT2D eigenvalue weighted by Crippen LogP contribution is 2.55. The van der Waals surface area contributed by atoms with Gasteiger partial charge in [-0.2, -0.15) is 8.78 Å². The molecule has 0 N–H and O–H groups in total. The summed E-state index contributed by atoms with van der Waals surface area (Å²) < 4.78 is 72.3. The molecule has 1 nitrogen and oxygen atoms in total. The van der Waals surface area contributed by atoms with Gasteiger partial charge in [0.1, 0.15) is 0 Å². The summed E-state index contributed by atoms with van der Waals surface area (Å²) in [6.45, 7) is 0. The Morgan fingerprint density at radius 3 is 1.85 bits per heavy atom. The topological polar surface area (TPSA) is 3.24 Å². The summed E-state index contributed by atoms with van der Waals surface area (Å²) in [5.74, 6) is -2.06. The SMILES string of the molecule is CN(C)C(F)(F)C(F)CS(F)(F)F. The number of nitrogens with zero attached hydrogens (tertiary/aromatic N) is 1. The zero-order valence-electron chi connectivity index (χ0n) is 6.91. The molecule has 0 radical (unpaired) electrons. The highest BCUT2D eigenvalue weighted by Gasteiger charge is 2.46. The molecule has 0 spiro atoms. The fraction of sp³-hybridized carbons (Fsp3) is 1.00. The lowest BCUT2D eigenvalue weighted by molar-refractivity contribution is -0.166. The molecule has 0 aliphatic heterocycles. The summed E-state index contributed by atoms with van der Waals surface area (Å²) >= 11 is -5.72. The molecule has 0 aromatic heterocycles. The van der Waals surface area contributed by atoms with Crippen molar-refractivity contribution in [1.29, 1.82) is 0 Å². The summed E-state index contributed by atoms with van der Waals surface area (Å²) in [5, 5.41) is 0. The standard InChI is InChI=1S/C5H9F6NS/c1-12(2)5(7,8)4(6)3-13(9,10)11/h4H,3H2,1-2H3. The summed E-state index contributed by atoms with van der Waals surface area (Å²) in [4.78, 5) is 0.128. The highest BCUT2D eigenvalue weighted by molar-refractivity contribution is 8.20. The molecule has 13 heavy (non-hydrogen) atoms.